The third-order valence-corrected chi connectivity index (χ3v) is 3.54. The molecule has 7 heteroatoms. The number of rotatable bonds is 6. The lowest BCUT2D eigenvalue weighted by atomic mass is 9.97. The van der Waals surface area contributed by atoms with Crippen LogP contribution in [0.1, 0.15) is 23.8 Å². The topological polar surface area (TPSA) is 116 Å². The molecule has 1 aromatic carbocycles. The Labute approximate surface area is 121 Å². The molecule has 0 fully saturated rings. The van der Waals surface area contributed by atoms with Gasteiger partial charge in [-0.3, -0.25) is 0 Å². The summed E-state index contributed by atoms with van der Waals surface area (Å²) < 4.78 is 0. The third kappa shape index (κ3) is 2.79. The minimum atomic E-state index is -1.23. The fourth-order valence-electron chi connectivity index (χ4n) is 2.04. The molecule has 0 aliphatic rings. The van der Waals surface area contributed by atoms with Crippen molar-refractivity contribution in [1.29, 1.82) is 0 Å². The summed E-state index contributed by atoms with van der Waals surface area (Å²) in [6.07, 6.45) is 0.412. The van der Waals surface area contributed by atoms with Crippen molar-refractivity contribution in [3.8, 4) is 0 Å². The van der Waals surface area contributed by atoms with E-state index < -0.39 is 11.5 Å². The molecule has 0 radical (unpaired) electrons. The first kappa shape index (κ1) is 15.1. The molecule has 21 heavy (non-hydrogen) atoms. The van der Waals surface area contributed by atoms with Gasteiger partial charge in [0, 0.05) is 5.39 Å². The first-order valence-corrected chi connectivity index (χ1v) is 6.55. The van der Waals surface area contributed by atoms with Gasteiger partial charge in [-0.25, -0.2) is 4.79 Å². The van der Waals surface area contributed by atoms with Crippen LogP contribution in [0.3, 0.4) is 0 Å². The summed E-state index contributed by atoms with van der Waals surface area (Å²) >= 11 is 0. The minimum Gasteiger partial charge on any atom is -0.476 e. The van der Waals surface area contributed by atoms with Gasteiger partial charge in [-0.1, -0.05) is 25.1 Å². The normalized spacial score (nSPS) is 11.6. The molecule has 0 aliphatic carbocycles. The number of nitrogens with one attached hydrogen (secondary N) is 1. The van der Waals surface area contributed by atoms with E-state index in [2.05, 4.69) is 15.5 Å². The number of carboxylic acid groups (broad SMARTS) is 1. The molecule has 2 aromatic rings. The molecule has 0 amide bonds. The number of aromatic nitrogens is 2. The van der Waals surface area contributed by atoms with E-state index in [0.717, 1.165) is 0 Å². The third-order valence-electron chi connectivity index (χ3n) is 3.54. The maximum atomic E-state index is 11.3. The highest BCUT2D eigenvalue weighted by atomic mass is 16.4. The molecule has 1 heterocycles. The van der Waals surface area contributed by atoms with E-state index in [9.17, 15) is 20.1 Å². The Morgan fingerprint density at radius 3 is 2.48 bits per heavy atom. The number of aromatic carboxylic acids is 1. The second-order valence-electron chi connectivity index (χ2n) is 4.82. The summed E-state index contributed by atoms with van der Waals surface area (Å²) in [5, 5.41) is 39.5. The van der Waals surface area contributed by atoms with E-state index in [-0.39, 0.29) is 24.6 Å². The van der Waals surface area contributed by atoms with Gasteiger partial charge in [0.15, 0.2) is 5.69 Å². The predicted octanol–water partition coefficient (Wildman–Crippen LogP) is 0.873. The summed E-state index contributed by atoms with van der Waals surface area (Å²) in [7, 11) is 0. The molecule has 4 N–H and O–H groups in total. The van der Waals surface area contributed by atoms with Crippen molar-refractivity contribution >= 4 is 22.6 Å². The number of carbonyl (C=O) groups is 1. The van der Waals surface area contributed by atoms with Gasteiger partial charge in [0.25, 0.3) is 0 Å². The number of nitrogens with zero attached hydrogens (tertiary/aromatic N) is 2. The number of benzene rings is 1. The van der Waals surface area contributed by atoms with Gasteiger partial charge >= 0.3 is 5.97 Å². The van der Waals surface area contributed by atoms with Crippen molar-refractivity contribution in [3.05, 3.63) is 30.0 Å². The highest BCUT2D eigenvalue weighted by Crippen LogP contribution is 2.28. The van der Waals surface area contributed by atoms with Crippen molar-refractivity contribution in [3.63, 3.8) is 0 Å². The molecular weight excluding hydrogens is 274 g/mol. The monoisotopic (exact) mass is 291 g/mol. The van der Waals surface area contributed by atoms with Crippen LogP contribution in [-0.4, -0.2) is 50.2 Å². The van der Waals surface area contributed by atoms with Gasteiger partial charge in [0.1, 0.15) is 0 Å². The first-order chi connectivity index (χ1) is 10.1. The molecule has 0 atom stereocenters. The highest BCUT2D eigenvalue weighted by Gasteiger charge is 2.29. The molecular formula is C14H17N3O4. The lowest BCUT2D eigenvalue weighted by Crippen LogP contribution is -2.45. The zero-order chi connectivity index (χ0) is 15.5. The van der Waals surface area contributed by atoms with E-state index in [1.54, 1.807) is 31.2 Å². The van der Waals surface area contributed by atoms with Gasteiger partial charge < -0.3 is 20.6 Å². The Morgan fingerprint density at radius 2 is 1.90 bits per heavy atom. The van der Waals surface area contributed by atoms with E-state index >= 15 is 0 Å². The highest BCUT2D eigenvalue weighted by molar-refractivity contribution is 6.02. The van der Waals surface area contributed by atoms with Crippen LogP contribution in [0.15, 0.2) is 24.3 Å². The summed E-state index contributed by atoms with van der Waals surface area (Å²) in [5.41, 5.74) is -0.479. The molecule has 0 saturated carbocycles. The zero-order valence-corrected chi connectivity index (χ0v) is 11.6. The van der Waals surface area contributed by atoms with Crippen LogP contribution in [0.2, 0.25) is 0 Å². The second-order valence-corrected chi connectivity index (χ2v) is 4.82. The summed E-state index contributed by atoms with van der Waals surface area (Å²) in [5.74, 6) is -1.23. The van der Waals surface area contributed by atoms with Crippen molar-refractivity contribution in [2.24, 2.45) is 0 Å². The molecule has 0 unspecified atom stereocenters. The van der Waals surface area contributed by atoms with E-state index in [1.165, 1.54) is 0 Å². The van der Waals surface area contributed by atoms with Gasteiger partial charge in [-0.15, -0.1) is 10.2 Å². The van der Waals surface area contributed by atoms with Crippen LogP contribution in [0.25, 0.3) is 10.9 Å². The number of hydrogen-bond acceptors (Lipinski definition) is 6. The molecule has 0 saturated heterocycles. The van der Waals surface area contributed by atoms with Crippen LogP contribution in [0, 0.1) is 0 Å². The summed E-state index contributed by atoms with van der Waals surface area (Å²) in [6, 6.07) is 6.96. The minimum absolute atomic E-state index is 0.242. The van der Waals surface area contributed by atoms with Crippen molar-refractivity contribution < 1.29 is 20.1 Å². The van der Waals surface area contributed by atoms with Gasteiger partial charge in [0.2, 0.25) is 0 Å². The van der Waals surface area contributed by atoms with Crippen molar-refractivity contribution in [1.82, 2.24) is 10.2 Å². The van der Waals surface area contributed by atoms with Crippen LogP contribution in [0.4, 0.5) is 5.69 Å². The Morgan fingerprint density at radius 1 is 1.24 bits per heavy atom. The standard InChI is InChI=1S/C14H17N3O4/c1-2-14(7-18,8-19)15-11-9-5-3-4-6-10(9)16-17-12(11)13(20)21/h3-6,18-19H,2,7-8H2,1H3,(H,15,16)(H,20,21). The van der Waals surface area contributed by atoms with Gasteiger partial charge in [0.05, 0.1) is 30.0 Å². The maximum Gasteiger partial charge on any atom is 0.358 e. The van der Waals surface area contributed by atoms with E-state index in [0.29, 0.717) is 17.3 Å². The Balaban J connectivity index is 2.64. The molecule has 0 bridgehead atoms. The lowest BCUT2D eigenvalue weighted by Gasteiger charge is -2.31. The van der Waals surface area contributed by atoms with Crippen molar-refractivity contribution in [2.45, 2.75) is 18.9 Å². The molecule has 0 aliphatic heterocycles. The zero-order valence-electron chi connectivity index (χ0n) is 11.6. The predicted molar refractivity (Wildman–Crippen MR) is 77.3 cm³/mol. The fourth-order valence-corrected chi connectivity index (χ4v) is 2.04. The number of fused-ring (bicyclic) bond motifs is 1. The van der Waals surface area contributed by atoms with Crippen LogP contribution in [-0.2, 0) is 0 Å². The van der Waals surface area contributed by atoms with Gasteiger partial charge in [-0.05, 0) is 12.5 Å². The number of aliphatic hydroxyl groups is 2. The molecule has 112 valence electrons. The summed E-state index contributed by atoms with van der Waals surface area (Å²) in [4.78, 5) is 11.3. The molecule has 0 spiro atoms. The maximum absolute atomic E-state index is 11.3. The van der Waals surface area contributed by atoms with Crippen molar-refractivity contribution in [2.75, 3.05) is 18.5 Å². The molecule has 1 aromatic heterocycles. The first-order valence-electron chi connectivity index (χ1n) is 6.55. The fraction of sp³-hybridized carbons (Fsp3) is 0.357. The van der Waals surface area contributed by atoms with E-state index in [4.69, 9.17) is 0 Å². The van der Waals surface area contributed by atoms with Crippen LogP contribution >= 0.6 is 0 Å². The number of anilines is 1. The van der Waals surface area contributed by atoms with Crippen LogP contribution < -0.4 is 5.32 Å². The Kier molecular flexibility index (Phi) is 4.35. The lowest BCUT2D eigenvalue weighted by molar-refractivity contribution is 0.0689. The van der Waals surface area contributed by atoms with Gasteiger partial charge in [-0.2, -0.15) is 0 Å². The Hall–Kier alpha value is -2.25. The number of hydrogen-bond donors (Lipinski definition) is 4. The SMILES string of the molecule is CCC(CO)(CO)Nc1c(C(=O)O)nnc2ccccc12. The van der Waals surface area contributed by atoms with Crippen LogP contribution in [0.5, 0.6) is 0 Å². The number of carboxylic acids is 1. The Bertz CT molecular complexity index is 647. The molecule has 7 nitrogen and oxygen atoms in total. The average molecular weight is 291 g/mol. The quantitative estimate of drug-likeness (QED) is 0.624. The average Bonchev–Trinajstić information content (AvgIpc) is 2.52. The summed E-state index contributed by atoms with van der Waals surface area (Å²) in [6.45, 7) is 1.11. The molecule has 2 rings (SSSR count). The second kappa shape index (κ2) is 6.02. The number of aliphatic hydroxyl groups excluding tert-OH is 2. The van der Waals surface area contributed by atoms with E-state index in [1.807, 2.05) is 0 Å². The smallest absolute Gasteiger partial charge is 0.358 e. The largest absolute Gasteiger partial charge is 0.476 e.